The Morgan fingerprint density at radius 1 is 0.900 bits per heavy atom. The van der Waals surface area contributed by atoms with Crippen LogP contribution in [0, 0.1) is 11.3 Å². The van der Waals surface area contributed by atoms with Crippen LogP contribution < -0.4 is 10.2 Å². The van der Waals surface area contributed by atoms with Gasteiger partial charge in [-0.25, -0.2) is 4.90 Å². The van der Waals surface area contributed by atoms with Crippen LogP contribution in [0.25, 0.3) is 11.1 Å². The molecule has 0 bridgehead atoms. The molecule has 0 aliphatic carbocycles. The number of rotatable bonds is 6. The molecule has 0 aromatic heterocycles. The Morgan fingerprint density at radius 2 is 1.67 bits per heavy atom. The predicted molar refractivity (Wildman–Crippen MR) is 113 cm³/mol. The minimum Gasteiger partial charge on any atom is -0.395 e. The molecule has 30 heavy (non-hydrogen) atoms. The van der Waals surface area contributed by atoms with Crippen molar-refractivity contribution in [3.63, 3.8) is 0 Å². The van der Waals surface area contributed by atoms with E-state index in [-0.39, 0.29) is 17.9 Å². The molecule has 2 amide bonds. The van der Waals surface area contributed by atoms with Gasteiger partial charge < -0.3 is 10.4 Å². The summed E-state index contributed by atoms with van der Waals surface area (Å²) in [7, 11) is 0. The first-order chi connectivity index (χ1) is 14.7. The van der Waals surface area contributed by atoms with Crippen LogP contribution in [0.4, 0.5) is 5.69 Å². The third-order valence-corrected chi connectivity index (χ3v) is 5.05. The first-order valence-corrected chi connectivity index (χ1v) is 9.57. The van der Waals surface area contributed by atoms with E-state index in [1.807, 2.05) is 30.3 Å². The van der Waals surface area contributed by atoms with Gasteiger partial charge in [-0.05, 0) is 29.3 Å². The molecule has 3 aromatic carbocycles. The van der Waals surface area contributed by atoms with Gasteiger partial charge in [0.2, 0.25) is 0 Å². The zero-order valence-electron chi connectivity index (χ0n) is 16.1. The molecule has 0 atom stereocenters. The Bertz CT molecular complexity index is 1170. The molecule has 4 rings (SSSR count). The predicted octanol–water partition coefficient (Wildman–Crippen LogP) is 3.11. The van der Waals surface area contributed by atoms with Gasteiger partial charge in [0.15, 0.2) is 0 Å². The van der Waals surface area contributed by atoms with Gasteiger partial charge in [0.25, 0.3) is 11.8 Å². The fraction of sp³-hybridized carbons (Fsp3) is 0.125. The summed E-state index contributed by atoms with van der Waals surface area (Å²) in [5, 5.41) is 21.8. The molecule has 0 unspecified atom stereocenters. The second-order valence-electron chi connectivity index (χ2n) is 6.90. The summed E-state index contributed by atoms with van der Waals surface area (Å²) < 4.78 is 0. The SMILES string of the molecule is N#Cc1c(-c2ccccc2)cccc1N1C(=O)c2ccc(CNCCO)cc2C1=O. The zero-order valence-corrected chi connectivity index (χ0v) is 16.1. The molecule has 1 aliphatic heterocycles. The summed E-state index contributed by atoms with van der Waals surface area (Å²) in [6, 6.07) is 21.8. The Kier molecular flexibility index (Phi) is 5.40. The number of hydrogen-bond donors (Lipinski definition) is 2. The number of benzene rings is 3. The van der Waals surface area contributed by atoms with E-state index in [4.69, 9.17) is 5.11 Å². The summed E-state index contributed by atoms with van der Waals surface area (Å²) >= 11 is 0. The second kappa shape index (κ2) is 8.29. The molecule has 6 heteroatoms. The minimum absolute atomic E-state index is 0.0187. The van der Waals surface area contributed by atoms with Crippen LogP contribution in [-0.4, -0.2) is 30.1 Å². The molecule has 148 valence electrons. The van der Waals surface area contributed by atoms with Crippen LogP contribution in [0.1, 0.15) is 31.8 Å². The maximum absolute atomic E-state index is 13.1. The highest BCUT2D eigenvalue weighted by Gasteiger charge is 2.38. The van der Waals surface area contributed by atoms with Crippen LogP contribution in [0.3, 0.4) is 0 Å². The van der Waals surface area contributed by atoms with Crippen molar-refractivity contribution in [3.8, 4) is 17.2 Å². The Morgan fingerprint density at radius 3 is 2.40 bits per heavy atom. The van der Waals surface area contributed by atoms with E-state index in [0.717, 1.165) is 16.0 Å². The topological polar surface area (TPSA) is 93.4 Å². The quantitative estimate of drug-likeness (QED) is 0.492. The second-order valence-corrected chi connectivity index (χ2v) is 6.90. The van der Waals surface area contributed by atoms with Crippen LogP contribution in [0.15, 0.2) is 66.7 Å². The lowest BCUT2D eigenvalue weighted by Crippen LogP contribution is -2.30. The first kappa shape index (κ1) is 19.5. The van der Waals surface area contributed by atoms with Crippen molar-refractivity contribution >= 4 is 17.5 Å². The number of carbonyl (C=O) groups excluding carboxylic acids is 2. The van der Waals surface area contributed by atoms with Gasteiger partial charge in [-0.15, -0.1) is 0 Å². The van der Waals surface area contributed by atoms with Gasteiger partial charge in [-0.1, -0.05) is 48.5 Å². The van der Waals surface area contributed by atoms with Crippen molar-refractivity contribution in [3.05, 3.63) is 89.0 Å². The minimum atomic E-state index is -0.444. The summed E-state index contributed by atoms with van der Waals surface area (Å²) in [6.07, 6.45) is 0. The van der Waals surface area contributed by atoms with Gasteiger partial charge in [-0.2, -0.15) is 5.26 Å². The van der Waals surface area contributed by atoms with E-state index in [9.17, 15) is 14.9 Å². The maximum Gasteiger partial charge on any atom is 0.266 e. The largest absolute Gasteiger partial charge is 0.395 e. The van der Waals surface area contributed by atoms with E-state index in [1.165, 1.54) is 0 Å². The average molecular weight is 397 g/mol. The molecule has 0 radical (unpaired) electrons. The zero-order chi connectivity index (χ0) is 21.1. The Hall–Kier alpha value is -3.79. The number of hydrogen-bond acceptors (Lipinski definition) is 5. The van der Waals surface area contributed by atoms with Gasteiger partial charge in [0.05, 0.1) is 29.0 Å². The summed E-state index contributed by atoms with van der Waals surface area (Å²) in [5.74, 6) is -0.882. The summed E-state index contributed by atoms with van der Waals surface area (Å²) in [5.41, 5.74) is 3.54. The number of anilines is 1. The monoisotopic (exact) mass is 397 g/mol. The fourth-order valence-corrected chi connectivity index (χ4v) is 3.63. The van der Waals surface area contributed by atoms with E-state index in [1.54, 1.807) is 36.4 Å². The number of nitriles is 1. The standard InChI is InChI=1S/C24H19N3O3/c25-14-21-18(17-5-2-1-3-6-17)7-4-8-22(21)27-23(29)19-10-9-16(15-26-11-12-28)13-20(19)24(27)30/h1-10,13,26,28H,11-12,15H2. The molecule has 0 saturated heterocycles. The van der Waals surface area contributed by atoms with Crippen molar-refractivity contribution in [2.45, 2.75) is 6.54 Å². The van der Waals surface area contributed by atoms with Crippen LogP contribution in [-0.2, 0) is 6.54 Å². The van der Waals surface area contributed by atoms with Crippen molar-refractivity contribution in [2.75, 3.05) is 18.1 Å². The molecular formula is C24H19N3O3. The molecule has 2 N–H and O–H groups in total. The number of amides is 2. The number of nitrogens with zero attached hydrogens (tertiary/aromatic N) is 2. The van der Waals surface area contributed by atoms with Crippen LogP contribution in [0.5, 0.6) is 0 Å². The molecule has 1 aliphatic rings. The van der Waals surface area contributed by atoms with Crippen LogP contribution in [0.2, 0.25) is 0 Å². The van der Waals surface area contributed by atoms with Gasteiger partial charge in [0.1, 0.15) is 6.07 Å². The summed E-state index contributed by atoms with van der Waals surface area (Å²) in [4.78, 5) is 27.3. The molecule has 1 heterocycles. The Balaban J connectivity index is 1.74. The number of aliphatic hydroxyl groups is 1. The van der Waals surface area contributed by atoms with E-state index >= 15 is 0 Å². The maximum atomic E-state index is 13.1. The average Bonchev–Trinajstić information content (AvgIpc) is 3.03. The van der Waals surface area contributed by atoms with Crippen molar-refractivity contribution in [1.82, 2.24) is 5.32 Å². The van der Waals surface area contributed by atoms with Gasteiger partial charge in [0, 0.05) is 18.7 Å². The fourth-order valence-electron chi connectivity index (χ4n) is 3.63. The van der Waals surface area contributed by atoms with E-state index in [0.29, 0.717) is 29.8 Å². The molecule has 0 fully saturated rings. The lowest BCUT2D eigenvalue weighted by Gasteiger charge is -2.17. The molecular weight excluding hydrogens is 378 g/mol. The highest BCUT2D eigenvalue weighted by molar-refractivity contribution is 6.35. The summed E-state index contributed by atoms with van der Waals surface area (Å²) in [6.45, 7) is 0.932. The number of carbonyl (C=O) groups is 2. The number of fused-ring (bicyclic) bond motifs is 1. The Labute approximate surface area is 174 Å². The van der Waals surface area contributed by atoms with Crippen molar-refractivity contribution in [2.24, 2.45) is 0 Å². The highest BCUT2D eigenvalue weighted by atomic mass is 16.3. The van der Waals surface area contributed by atoms with Crippen molar-refractivity contribution in [1.29, 1.82) is 5.26 Å². The third-order valence-electron chi connectivity index (χ3n) is 5.05. The smallest absolute Gasteiger partial charge is 0.266 e. The normalized spacial score (nSPS) is 12.7. The van der Waals surface area contributed by atoms with E-state index < -0.39 is 11.8 Å². The van der Waals surface area contributed by atoms with E-state index in [2.05, 4.69) is 11.4 Å². The molecule has 6 nitrogen and oxygen atoms in total. The van der Waals surface area contributed by atoms with Gasteiger partial charge >= 0.3 is 0 Å². The molecule has 3 aromatic rings. The third kappa shape index (κ3) is 3.37. The lowest BCUT2D eigenvalue weighted by molar-refractivity contribution is 0.0926. The van der Waals surface area contributed by atoms with Gasteiger partial charge in [-0.3, -0.25) is 9.59 Å². The molecule has 0 spiro atoms. The molecule has 0 saturated carbocycles. The lowest BCUT2D eigenvalue weighted by atomic mass is 9.98. The van der Waals surface area contributed by atoms with Crippen molar-refractivity contribution < 1.29 is 14.7 Å². The number of imide groups is 1. The number of aliphatic hydroxyl groups excluding tert-OH is 1. The van der Waals surface area contributed by atoms with Crippen LogP contribution >= 0.6 is 0 Å². The highest BCUT2D eigenvalue weighted by Crippen LogP contribution is 2.35. The first-order valence-electron chi connectivity index (χ1n) is 9.57. The number of nitrogens with one attached hydrogen (secondary N) is 1.